The van der Waals surface area contributed by atoms with Gasteiger partial charge in [-0.1, -0.05) is 18.2 Å². The molecule has 0 amide bonds. The van der Waals surface area contributed by atoms with Crippen LogP contribution in [0, 0.1) is 12.7 Å². The molecule has 6 heteroatoms. The molecular weight excluding hydrogens is 295 g/mol. The summed E-state index contributed by atoms with van der Waals surface area (Å²) in [6.45, 7) is 3.99. The first-order chi connectivity index (χ1) is 11.2. The molecule has 1 heterocycles. The zero-order valence-corrected chi connectivity index (χ0v) is 13.6. The second-order valence-corrected chi connectivity index (χ2v) is 5.26. The van der Waals surface area contributed by atoms with Crippen molar-refractivity contribution in [3.63, 3.8) is 0 Å². The van der Waals surface area contributed by atoms with Crippen molar-refractivity contribution in [3.8, 4) is 0 Å². The molecule has 2 N–H and O–H groups in total. The van der Waals surface area contributed by atoms with Crippen LogP contribution in [0.15, 0.2) is 30.3 Å². The van der Waals surface area contributed by atoms with E-state index in [0.29, 0.717) is 31.1 Å². The molecule has 0 aliphatic heterocycles. The fraction of sp³-hybridized carbons (Fsp3) is 0.412. The van der Waals surface area contributed by atoms with Gasteiger partial charge in [-0.25, -0.2) is 9.37 Å². The summed E-state index contributed by atoms with van der Waals surface area (Å²) in [5.41, 5.74) is 1.58. The fourth-order valence-corrected chi connectivity index (χ4v) is 2.18. The molecule has 2 aromatic rings. The maximum atomic E-state index is 13.6. The van der Waals surface area contributed by atoms with E-state index in [4.69, 9.17) is 4.74 Å². The van der Waals surface area contributed by atoms with Crippen LogP contribution in [-0.2, 0) is 11.2 Å². The lowest BCUT2D eigenvalue weighted by atomic mass is 10.1. The number of ether oxygens (including phenoxy) is 1. The smallest absolute Gasteiger partial charge is 0.224 e. The summed E-state index contributed by atoms with van der Waals surface area (Å²) in [7, 11) is 1.68. The van der Waals surface area contributed by atoms with Gasteiger partial charge in [-0.05, 0) is 31.4 Å². The third-order valence-electron chi connectivity index (χ3n) is 3.32. The van der Waals surface area contributed by atoms with Gasteiger partial charge in [0, 0.05) is 38.6 Å². The maximum absolute atomic E-state index is 13.6. The number of benzene rings is 1. The van der Waals surface area contributed by atoms with Crippen molar-refractivity contribution in [2.45, 2.75) is 19.8 Å². The molecule has 1 aromatic carbocycles. The minimum atomic E-state index is -0.173. The lowest BCUT2D eigenvalue weighted by molar-refractivity contribution is 0.197. The highest BCUT2D eigenvalue weighted by atomic mass is 19.1. The Morgan fingerprint density at radius 3 is 2.74 bits per heavy atom. The van der Waals surface area contributed by atoms with Gasteiger partial charge >= 0.3 is 0 Å². The minimum absolute atomic E-state index is 0.173. The first-order valence-corrected chi connectivity index (χ1v) is 7.75. The van der Waals surface area contributed by atoms with E-state index in [1.54, 1.807) is 19.2 Å². The van der Waals surface area contributed by atoms with Crippen LogP contribution in [-0.4, -0.2) is 36.8 Å². The summed E-state index contributed by atoms with van der Waals surface area (Å²) in [6.07, 6.45) is 1.50. The van der Waals surface area contributed by atoms with Crippen LogP contribution in [0.3, 0.4) is 0 Å². The zero-order valence-electron chi connectivity index (χ0n) is 13.6. The Hall–Kier alpha value is -2.21. The lowest BCUT2D eigenvalue weighted by Gasteiger charge is -2.10. The Balaban J connectivity index is 1.87. The van der Waals surface area contributed by atoms with E-state index in [9.17, 15) is 4.39 Å². The van der Waals surface area contributed by atoms with Gasteiger partial charge in [-0.2, -0.15) is 4.98 Å². The highest BCUT2D eigenvalue weighted by Gasteiger charge is 2.03. The summed E-state index contributed by atoms with van der Waals surface area (Å²) in [4.78, 5) is 8.77. The van der Waals surface area contributed by atoms with Crippen LogP contribution in [0.1, 0.15) is 17.7 Å². The summed E-state index contributed by atoms with van der Waals surface area (Å²) >= 11 is 0. The van der Waals surface area contributed by atoms with Crippen molar-refractivity contribution in [1.82, 2.24) is 9.97 Å². The van der Waals surface area contributed by atoms with Gasteiger partial charge in [-0.15, -0.1) is 0 Å². The Morgan fingerprint density at radius 1 is 1.13 bits per heavy atom. The maximum Gasteiger partial charge on any atom is 0.224 e. The molecule has 0 saturated heterocycles. The van der Waals surface area contributed by atoms with E-state index in [1.165, 1.54) is 6.07 Å². The minimum Gasteiger partial charge on any atom is -0.385 e. The number of anilines is 2. The van der Waals surface area contributed by atoms with Gasteiger partial charge in [0.2, 0.25) is 5.95 Å². The van der Waals surface area contributed by atoms with Crippen molar-refractivity contribution in [2.75, 3.05) is 37.4 Å². The predicted octanol–water partition coefficient (Wildman–Crippen LogP) is 3.03. The van der Waals surface area contributed by atoms with E-state index >= 15 is 0 Å². The first-order valence-electron chi connectivity index (χ1n) is 7.75. The van der Waals surface area contributed by atoms with Gasteiger partial charge in [-0.3, -0.25) is 0 Å². The molecule has 124 valence electrons. The summed E-state index contributed by atoms with van der Waals surface area (Å²) in [6, 6.07) is 8.69. The molecule has 2 rings (SSSR count). The van der Waals surface area contributed by atoms with Gasteiger partial charge in [0.25, 0.3) is 0 Å². The number of hydrogen-bond donors (Lipinski definition) is 2. The zero-order chi connectivity index (χ0) is 16.5. The first kappa shape index (κ1) is 17.1. The van der Waals surface area contributed by atoms with Crippen LogP contribution >= 0.6 is 0 Å². The topological polar surface area (TPSA) is 59.1 Å². The van der Waals surface area contributed by atoms with Crippen LogP contribution < -0.4 is 10.6 Å². The Morgan fingerprint density at radius 2 is 1.96 bits per heavy atom. The Bertz CT molecular complexity index is 621. The largest absolute Gasteiger partial charge is 0.385 e. The highest BCUT2D eigenvalue weighted by molar-refractivity contribution is 5.42. The van der Waals surface area contributed by atoms with Crippen LogP contribution in [0.25, 0.3) is 0 Å². The molecule has 0 spiro atoms. The van der Waals surface area contributed by atoms with Crippen molar-refractivity contribution in [1.29, 1.82) is 0 Å². The molecule has 5 nitrogen and oxygen atoms in total. The lowest BCUT2D eigenvalue weighted by Crippen LogP contribution is -2.12. The van der Waals surface area contributed by atoms with Crippen molar-refractivity contribution in [3.05, 3.63) is 47.4 Å². The third kappa shape index (κ3) is 5.83. The second kappa shape index (κ2) is 9.05. The van der Waals surface area contributed by atoms with Gasteiger partial charge in [0.15, 0.2) is 0 Å². The van der Waals surface area contributed by atoms with Gasteiger partial charge in [0.05, 0.1) is 0 Å². The van der Waals surface area contributed by atoms with E-state index in [0.717, 1.165) is 24.5 Å². The summed E-state index contributed by atoms with van der Waals surface area (Å²) < 4.78 is 18.6. The van der Waals surface area contributed by atoms with Crippen LogP contribution in [0.2, 0.25) is 0 Å². The molecule has 0 aliphatic carbocycles. The number of nitrogens with zero attached hydrogens (tertiary/aromatic N) is 2. The molecule has 0 saturated carbocycles. The standard InChI is InChI=1S/C17H23FN4O/c1-13-12-16(22-17(21-13)20-9-5-11-23-2)19-10-8-14-6-3-4-7-15(14)18/h3-4,6-7,12H,5,8-11H2,1-2H3,(H2,19,20,21,22). The monoisotopic (exact) mass is 318 g/mol. The number of halogens is 1. The second-order valence-electron chi connectivity index (χ2n) is 5.26. The molecular formula is C17H23FN4O. The van der Waals surface area contributed by atoms with Gasteiger partial charge in [0.1, 0.15) is 11.6 Å². The molecule has 0 unspecified atom stereocenters. The summed E-state index contributed by atoms with van der Waals surface area (Å²) in [5.74, 6) is 1.16. The van der Waals surface area contributed by atoms with E-state index in [1.807, 2.05) is 19.1 Å². The van der Waals surface area contributed by atoms with Crippen molar-refractivity contribution < 1.29 is 9.13 Å². The number of rotatable bonds is 9. The highest BCUT2D eigenvalue weighted by Crippen LogP contribution is 2.11. The average Bonchev–Trinajstić information content (AvgIpc) is 2.53. The molecule has 0 bridgehead atoms. The fourth-order valence-electron chi connectivity index (χ4n) is 2.18. The van der Waals surface area contributed by atoms with E-state index in [-0.39, 0.29) is 5.82 Å². The van der Waals surface area contributed by atoms with E-state index in [2.05, 4.69) is 20.6 Å². The van der Waals surface area contributed by atoms with Crippen molar-refractivity contribution in [2.24, 2.45) is 0 Å². The molecule has 1 aromatic heterocycles. The average molecular weight is 318 g/mol. The van der Waals surface area contributed by atoms with Gasteiger partial charge < -0.3 is 15.4 Å². The number of hydrogen-bond acceptors (Lipinski definition) is 5. The number of methoxy groups -OCH3 is 1. The molecule has 0 atom stereocenters. The summed E-state index contributed by atoms with van der Waals surface area (Å²) in [5, 5.41) is 6.40. The third-order valence-corrected chi connectivity index (χ3v) is 3.32. The Kier molecular flexibility index (Phi) is 6.75. The molecule has 0 aliphatic rings. The predicted molar refractivity (Wildman–Crippen MR) is 90.3 cm³/mol. The van der Waals surface area contributed by atoms with Crippen LogP contribution in [0.4, 0.5) is 16.2 Å². The molecule has 23 heavy (non-hydrogen) atoms. The Labute approximate surface area is 136 Å². The quantitative estimate of drug-likeness (QED) is 0.696. The van der Waals surface area contributed by atoms with Crippen molar-refractivity contribution >= 4 is 11.8 Å². The number of aromatic nitrogens is 2. The molecule has 0 radical (unpaired) electrons. The van der Waals surface area contributed by atoms with E-state index < -0.39 is 0 Å². The van der Waals surface area contributed by atoms with Crippen LogP contribution in [0.5, 0.6) is 0 Å². The number of aryl methyl sites for hydroxylation is 1. The SMILES string of the molecule is COCCCNc1nc(C)cc(NCCc2ccccc2F)n1. The normalized spacial score (nSPS) is 10.6. The number of nitrogens with one attached hydrogen (secondary N) is 2. The molecule has 0 fully saturated rings.